The van der Waals surface area contributed by atoms with Crippen LogP contribution in [0.15, 0.2) is 24.3 Å². The van der Waals surface area contributed by atoms with Gasteiger partial charge in [0.1, 0.15) is 0 Å². The van der Waals surface area contributed by atoms with Crippen LogP contribution in [0.3, 0.4) is 0 Å². The Morgan fingerprint density at radius 3 is 2.62 bits per heavy atom. The molecule has 1 aliphatic heterocycles. The largest absolute Gasteiger partial charge is 0.351 e. The Labute approximate surface area is 155 Å². The van der Waals surface area contributed by atoms with Crippen molar-refractivity contribution in [3.05, 3.63) is 24.3 Å². The lowest BCUT2D eigenvalue weighted by atomic mass is 9.95. The van der Waals surface area contributed by atoms with Crippen molar-refractivity contribution in [1.82, 2.24) is 14.9 Å². The zero-order chi connectivity index (χ0) is 18.3. The van der Waals surface area contributed by atoms with Gasteiger partial charge in [0.25, 0.3) is 0 Å². The Hall–Kier alpha value is -2.04. The number of benzene rings is 1. The predicted molar refractivity (Wildman–Crippen MR) is 105 cm³/mol. The fourth-order valence-corrected chi connectivity index (χ4v) is 4.24. The molecule has 140 valence electrons. The van der Waals surface area contributed by atoms with E-state index in [0.29, 0.717) is 6.04 Å². The summed E-state index contributed by atoms with van der Waals surface area (Å²) in [6.07, 6.45) is 6.08. The highest BCUT2D eigenvalue weighted by molar-refractivity contribution is 5.82. The lowest BCUT2D eigenvalue weighted by molar-refractivity contribution is -0.129. The first-order chi connectivity index (χ1) is 12.4. The zero-order valence-corrected chi connectivity index (χ0v) is 16.2. The molecule has 2 heterocycles. The van der Waals surface area contributed by atoms with Crippen molar-refractivity contribution in [1.29, 1.82) is 0 Å². The van der Waals surface area contributed by atoms with Gasteiger partial charge in [0, 0.05) is 30.6 Å². The molecule has 5 heteroatoms. The maximum absolute atomic E-state index is 12.3. The van der Waals surface area contributed by atoms with E-state index in [0.717, 1.165) is 31.0 Å². The number of rotatable bonds is 3. The molecule has 2 fully saturated rings. The van der Waals surface area contributed by atoms with Crippen LogP contribution in [0, 0.1) is 5.41 Å². The van der Waals surface area contributed by atoms with Gasteiger partial charge in [-0.1, -0.05) is 45.7 Å². The van der Waals surface area contributed by atoms with Gasteiger partial charge in [-0.2, -0.15) is 0 Å². The van der Waals surface area contributed by atoms with Crippen LogP contribution in [0.25, 0.3) is 11.0 Å². The summed E-state index contributed by atoms with van der Waals surface area (Å²) in [4.78, 5) is 19.7. The molecule has 1 aromatic carbocycles. The van der Waals surface area contributed by atoms with Crippen molar-refractivity contribution >= 4 is 22.9 Å². The van der Waals surface area contributed by atoms with Gasteiger partial charge in [0.05, 0.1) is 11.0 Å². The Balaban J connectivity index is 1.59. The van der Waals surface area contributed by atoms with E-state index in [1.807, 2.05) is 20.8 Å². The van der Waals surface area contributed by atoms with Crippen LogP contribution in [-0.2, 0) is 4.79 Å². The van der Waals surface area contributed by atoms with Crippen LogP contribution in [0.2, 0.25) is 0 Å². The Bertz CT molecular complexity index is 798. The average Bonchev–Trinajstić information content (AvgIpc) is 3.32. The summed E-state index contributed by atoms with van der Waals surface area (Å²) in [7, 11) is 0. The van der Waals surface area contributed by atoms with Crippen LogP contribution in [0.4, 0.5) is 5.95 Å². The highest BCUT2D eigenvalue weighted by atomic mass is 16.2. The third kappa shape index (κ3) is 3.19. The molecule has 0 bridgehead atoms. The average molecular weight is 354 g/mol. The summed E-state index contributed by atoms with van der Waals surface area (Å²) in [5.41, 5.74) is 1.98. The molecule has 0 spiro atoms. The van der Waals surface area contributed by atoms with Crippen LogP contribution in [0.5, 0.6) is 0 Å². The second kappa shape index (κ2) is 6.60. The van der Waals surface area contributed by atoms with Crippen molar-refractivity contribution in [2.24, 2.45) is 5.41 Å². The molecule has 1 atom stereocenters. The maximum atomic E-state index is 12.3. The number of carbonyl (C=O) groups is 1. The Morgan fingerprint density at radius 1 is 1.15 bits per heavy atom. The number of nitrogens with one attached hydrogen (secondary N) is 1. The first-order valence-corrected chi connectivity index (χ1v) is 9.96. The van der Waals surface area contributed by atoms with Crippen LogP contribution in [0.1, 0.15) is 58.9 Å². The molecule has 0 unspecified atom stereocenters. The minimum atomic E-state index is -0.343. The molecule has 1 saturated heterocycles. The van der Waals surface area contributed by atoms with E-state index >= 15 is 0 Å². The number of hydrogen-bond donors (Lipinski definition) is 1. The molecule has 2 aliphatic rings. The van der Waals surface area contributed by atoms with Crippen LogP contribution < -0.4 is 10.2 Å². The van der Waals surface area contributed by atoms with Gasteiger partial charge in [-0.3, -0.25) is 4.79 Å². The second-order valence-electron chi connectivity index (χ2n) is 8.86. The fourth-order valence-electron chi connectivity index (χ4n) is 4.24. The quantitative estimate of drug-likeness (QED) is 0.910. The molecular weight excluding hydrogens is 324 g/mol. The minimum Gasteiger partial charge on any atom is -0.351 e. The van der Waals surface area contributed by atoms with Crippen LogP contribution >= 0.6 is 0 Å². The molecule has 0 radical (unpaired) electrons. The number of carbonyl (C=O) groups excluding carboxylic acids is 1. The molecule has 1 saturated carbocycles. The van der Waals surface area contributed by atoms with Gasteiger partial charge in [-0.25, -0.2) is 4.98 Å². The van der Waals surface area contributed by atoms with E-state index < -0.39 is 0 Å². The van der Waals surface area contributed by atoms with E-state index in [1.54, 1.807) is 0 Å². The summed E-state index contributed by atoms with van der Waals surface area (Å²) in [6.45, 7) is 7.70. The van der Waals surface area contributed by atoms with Gasteiger partial charge in [-0.05, 0) is 31.4 Å². The lowest BCUT2D eigenvalue weighted by Crippen LogP contribution is -2.43. The molecular formula is C21H30N4O. The summed E-state index contributed by atoms with van der Waals surface area (Å²) in [5.74, 6) is 1.22. The molecule has 1 aliphatic carbocycles. The summed E-state index contributed by atoms with van der Waals surface area (Å²) in [6, 6.07) is 9.24. The zero-order valence-electron chi connectivity index (χ0n) is 16.2. The van der Waals surface area contributed by atoms with E-state index in [9.17, 15) is 4.79 Å². The van der Waals surface area contributed by atoms with Gasteiger partial charge in [0.2, 0.25) is 11.9 Å². The number of para-hydroxylation sites is 2. The van der Waals surface area contributed by atoms with Gasteiger partial charge >= 0.3 is 0 Å². The van der Waals surface area contributed by atoms with E-state index in [1.165, 1.54) is 31.2 Å². The van der Waals surface area contributed by atoms with Crippen molar-refractivity contribution in [2.75, 3.05) is 18.0 Å². The maximum Gasteiger partial charge on any atom is 0.225 e. The first-order valence-electron chi connectivity index (χ1n) is 9.96. The number of hydrogen-bond acceptors (Lipinski definition) is 3. The predicted octanol–water partition coefficient (Wildman–Crippen LogP) is 3.89. The highest BCUT2D eigenvalue weighted by Crippen LogP contribution is 2.37. The van der Waals surface area contributed by atoms with Gasteiger partial charge in [-0.15, -0.1) is 0 Å². The summed E-state index contributed by atoms with van der Waals surface area (Å²) < 4.78 is 2.47. The number of fused-ring (bicyclic) bond motifs is 1. The topological polar surface area (TPSA) is 50.2 Å². The third-order valence-corrected chi connectivity index (χ3v) is 5.75. The van der Waals surface area contributed by atoms with Crippen molar-refractivity contribution in [3.63, 3.8) is 0 Å². The number of aromatic nitrogens is 2. The van der Waals surface area contributed by atoms with E-state index in [2.05, 4.69) is 39.0 Å². The number of nitrogens with zero attached hydrogens (tertiary/aromatic N) is 3. The van der Waals surface area contributed by atoms with Gasteiger partial charge in [0.15, 0.2) is 0 Å². The fraction of sp³-hybridized carbons (Fsp3) is 0.619. The smallest absolute Gasteiger partial charge is 0.225 e. The monoisotopic (exact) mass is 354 g/mol. The Kier molecular flexibility index (Phi) is 4.41. The molecule has 1 aromatic heterocycles. The summed E-state index contributed by atoms with van der Waals surface area (Å²) in [5, 5.41) is 3.22. The molecule has 5 nitrogen and oxygen atoms in total. The van der Waals surface area contributed by atoms with Crippen molar-refractivity contribution in [3.8, 4) is 0 Å². The molecule has 26 heavy (non-hydrogen) atoms. The summed E-state index contributed by atoms with van der Waals surface area (Å²) >= 11 is 0. The minimum absolute atomic E-state index is 0.133. The lowest BCUT2D eigenvalue weighted by Gasteiger charge is -2.24. The standard InChI is InChI=1S/C21H30N4O/c1-21(2,3)19(26)22-15-12-13-24(14-15)20-23-17-10-6-7-11-18(17)25(20)16-8-4-5-9-16/h6-7,10-11,15-16H,4-5,8-9,12-14H2,1-3H3,(H,22,26)/t15-/m0/s1. The molecule has 1 N–H and O–H groups in total. The number of imidazole rings is 1. The number of anilines is 1. The van der Waals surface area contributed by atoms with E-state index in [-0.39, 0.29) is 17.4 Å². The van der Waals surface area contributed by atoms with Crippen molar-refractivity contribution in [2.45, 2.75) is 65.0 Å². The van der Waals surface area contributed by atoms with Gasteiger partial charge < -0.3 is 14.8 Å². The molecule has 4 rings (SSSR count). The molecule has 1 amide bonds. The first kappa shape index (κ1) is 17.4. The molecule has 2 aromatic rings. The SMILES string of the molecule is CC(C)(C)C(=O)N[C@H]1CCN(c2nc3ccccc3n2C2CCCC2)C1. The number of amides is 1. The second-order valence-corrected chi connectivity index (χ2v) is 8.86. The van der Waals surface area contributed by atoms with E-state index in [4.69, 9.17) is 4.98 Å². The van der Waals surface area contributed by atoms with Crippen molar-refractivity contribution < 1.29 is 4.79 Å². The van der Waals surface area contributed by atoms with Crippen LogP contribution in [-0.4, -0.2) is 34.6 Å². The Morgan fingerprint density at radius 2 is 1.88 bits per heavy atom. The third-order valence-electron chi connectivity index (χ3n) is 5.75. The normalized spacial score (nSPS) is 21.7. The highest BCUT2D eigenvalue weighted by Gasteiger charge is 2.32.